The van der Waals surface area contributed by atoms with Crippen LogP contribution in [0.3, 0.4) is 0 Å². The molecule has 4 nitrogen and oxygen atoms in total. The number of nitrogens with zero attached hydrogens (tertiary/aromatic N) is 1. The summed E-state index contributed by atoms with van der Waals surface area (Å²) >= 11 is 12.0. The molecule has 104 valence electrons. The molecule has 0 bridgehead atoms. The molecule has 1 N–H and O–H groups in total. The van der Waals surface area contributed by atoms with Crippen LogP contribution in [0.1, 0.15) is 16.1 Å². The molecule has 0 atom stereocenters. The molecule has 0 saturated carbocycles. The van der Waals surface area contributed by atoms with E-state index >= 15 is 0 Å². The first-order valence-corrected chi connectivity index (χ1v) is 6.55. The minimum absolute atomic E-state index is 0.280. The molecule has 0 fully saturated rings. The van der Waals surface area contributed by atoms with Gasteiger partial charge in [-0.2, -0.15) is 0 Å². The number of pyridine rings is 1. The molecule has 2 rings (SSSR count). The lowest BCUT2D eigenvalue weighted by Crippen LogP contribution is -2.13. The predicted molar refractivity (Wildman–Crippen MR) is 79.9 cm³/mol. The van der Waals surface area contributed by atoms with E-state index < -0.39 is 0 Å². The topological polar surface area (TPSA) is 51.2 Å². The number of rotatable bonds is 3. The van der Waals surface area contributed by atoms with Crippen molar-refractivity contribution in [2.45, 2.75) is 6.92 Å². The second-order valence-corrected chi connectivity index (χ2v) is 4.91. The number of benzene rings is 1. The number of hydrogen-bond donors (Lipinski definition) is 1. The summed E-state index contributed by atoms with van der Waals surface area (Å²) in [5.74, 6) is 0.478. The van der Waals surface area contributed by atoms with Gasteiger partial charge in [-0.25, -0.2) is 4.98 Å². The summed E-state index contributed by atoms with van der Waals surface area (Å²) in [5, 5.41) is 3.24. The van der Waals surface area contributed by atoms with Gasteiger partial charge < -0.3 is 10.1 Å². The Labute approximate surface area is 126 Å². The van der Waals surface area contributed by atoms with Gasteiger partial charge >= 0.3 is 0 Å². The van der Waals surface area contributed by atoms with E-state index in [1.807, 2.05) is 19.1 Å². The van der Waals surface area contributed by atoms with Gasteiger partial charge in [0.25, 0.3) is 5.91 Å². The van der Waals surface area contributed by atoms with E-state index in [1.165, 1.54) is 19.2 Å². The maximum absolute atomic E-state index is 12.1. The molecular formula is C14H12Cl2N2O2. The molecule has 0 aliphatic rings. The first kappa shape index (κ1) is 14.6. The van der Waals surface area contributed by atoms with Gasteiger partial charge in [0, 0.05) is 11.3 Å². The second kappa shape index (κ2) is 6.11. The SMILES string of the molecule is COc1c(Cl)cc(C(=O)Nc2cccc(C)n2)cc1Cl. The van der Waals surface area contributed by atoms with Crippen LogP contribution < -0.4 is 10.1 Å². The Bertz CT molecular complexity index is 636. The number of halogens is 2. The molecule has 1 aromatic heterocycles. The van der Waals surface area contributed by atoms with Gasteiger partial charge in [-0.1, -0.05) is 29.3 Å². The Balaban J connectivity index is 2.26. The number of hydrogen-bond acceptors (Lipinski definition) is 3. The van der Waals surface area contributed by atoms with Gasteiger partial charge in [0.2, 0.25) is 0 Å². The summed E-state index contributed by atoms with van der Waals surface area (Å²) < 4.78 is 5.04. The minimum Gasteiger partial charge on any atom is -0.494 e. The zero-order valence-corrected chi connectivity index (χ0v) is 12.4. The zero-order valence-electron chi connectivity index (χ0n) is 10.9. The van der Waals surface area contributed by atoms with Gasteiger partial charge in [0.05, 0.1) is 17.2 Å². The highest BCUT2D eigenvalue weighted by atomic mass is 35.5. The van der Waals surface area contributed by atoms with Crippen LogP contribution in [0.25, 0.3) is 0 Å². The van der Waals surface area contributed by atoms with E-state index in [-0.39, 0.29) is 16.0 Å². The van der Waals surface area contributed by atoms with Crippen LogP contribution in [0.15, 0.2) is 30.3 Å². The molecule has 20 heavy (non-hydrogen) atoms. The number of carbonyl (C=O) groups is 1. The van der Waals surface area contributed by atoms with Crippen molar-refractivity contribution in [1.82, 2.24) is 4.98 Å². The van der Waals surface area contributed by atoms with Crippen molar-refractivity contribution in [3.05, 3.63) is 51.6 Å². The fraction of sp³-hybridized carbons (Fsp3) is 0.143. The van der Waals surface area contributed by atoms with Crippen LogP contribution in [0.2, 0.25) is 10.0 Å². The number of amides is 1. The molecule has 2 aromatic rings. The summed E-state index contributed by atoms with van der Waals surface area (Å²) in [4.78, 5) is 16.3. The fourth-order valence-electron chi connectivity index (χ4n) is 1.69. The summed E-state index contributed by atoms with van der Waals surface area (Å²) in [6.45, 7) is 1.84. The minimum atomic E-state index is -0.338. The summed E-state index contributed by atoms with van der Waals surface area (Å²) in [6, 6.07) is 8.36. The first-order valence-electron chi connectivity index (χ1n) is 5.79. The molecule has 1 amide bonds. The predicted octanol–water partition coefficient (Wildman–Crippen LogP) is 3.96. The Kier molecular flexibility index (Phi) is 4.47. The van der Waals surface area contributed by atoms with Crippen molar-refractivity contribution in [3.8, 4) is 5.75 Å². The maximum atomic E-state index is 12.1. The number of anilines is 1. The average molecular weight is 311 g/mol. The molecule has 6 heteroatoms. The monoisotopic (exact) mass is 310 g/mol. The van der Waals surface area contributed by atoms with Crippen molar-refractivity contribution in [2.24, 2.45) is 0 Å². The lowest BCUT2D eigenvalue weighted by molar-refractivity contribution is 0.102. The second-order valence-electron chi connectivity index (χ2n) is 4.09. The number of methoxy groups -OCH3 is 1. The van der Waals surface area contributed by atoms with Crippen molar-refractivity contribution in [1.29, 1.82) is 0 Å². The molecule has 0 saturated heterocycles. The third-order valence-electron chi connectivity index (χ3n) is 2.59. The van der Waals surface area contributed by atoms with E-state index in [4.69, 9.17) is 27.9 Å². The Morgan fingerprint density at radius 2 is 1.90 bits per heavy atom. The largest absolute Gasteiger partial charge is 0.494 e. The Hall–Kier alpha value is -1.78. The van der Waals surface area contributed by atoms with Crippen molar-refractivity contribution in [3.63, 3.8) is 0 Å². The van der Waals surface area contributed by atoms with Gasteiger partial charge in [0.1, 0.15) is 5.82 Å². The van der Waals surface area contributed by atoms with E-state index in [0.717, 1.165) is 5.69 Å². The highest BCUT2D eigenvalue weighted by Crippen LogP contribution is 2.33. The molecule has 0 aliphatic heterocycles. The number of nitrogens with one attached hydrogen (secondary N) is 1. The van der Waals surface area contributed by atoms with Crippen LogP contribution in [-0.2, 0) is 0 Å². The van der Waals surface area contributed by atoms with Gasteiger partial charge in [-0.3, -0.25) is 4.79 Å². The number of ether oxygens (including phenoxy) is 1. The van der Waals surface area contributed by atoms with E-state index in [0.29, 0.717) is 17.1 Å². The van der Waals surface area contributed by atoms with Crippen LogP contribution in [0.5, 0.6) is 5.75 Å². The Morgan fingerprint density at radius 3 is 2.45 bits per heavy atom. The smallest absolute Gasteiger partial charge is 0.256 e. The first-order chi connectivity index (χ1) is 9.51. The van der Waals surface area contributed by atoms with Gasteiger partial charge in [-0.05, 0) is 31.2 Å². The van der Waals surface area contributed by atoms with E-state index in [9.17, 15) is 4.79 Å². The maximum Gasteiger partial charge on any atom is 0.256 e. The standard InChI is InChI=1S/C14H12Cl2N2O2/c1-8-4-3-5-12(17-8)18-14(19)9-6-10(15)13(20-2)11(16)7-9/h3-7H,1-2H3,(H,17,18,19). The van der Waals surface area contributed by atoms with Crippen molar-refractivity contribution < 1.29 is 9.53 Å². The highest BCUT2D eigenvalue weighted by molar-refractivity contribution is 6.37. The normalized spacial score (nSPS) is 10.2. The van der Waals surface area contributed by atoms with Gasteiger partial charge in [-0.15, -0.1) is 0 Å². The molecular weight excluding hydrogens is 299 g/mol. The lowest BCUT2D eigenvalue weighted by Gasteiger charge is -2.09. The summed E-state index contributed by atoms with van der Waals surface area (Å²) in [6.07, 6.45) is 0. The van der Waals surface area contributed by atoms with E-state index in [1.54, 1.807) is 6.07 Å². The Morgan fingerprint density at radius 1 is 1.25 bits per heavy atom. The van der Waals surface area contributed by atoms with Crippen molar-refractivity contribution >= 4 is 34.9 Å². The molecule has 0 unspecified atom stereocenters. The summed E-state index contributed by atoms with van der Waals surface area (Å²) in [5.41, 5.74) is 1.15. The molecule has 1 heterocycles. The van der Waals surface area contributed by atoms with Gasteiger partial charge in [0.15, 0.2) is 5.75 Å². The van der Waals surface area contributed by atoms with Crippen LogP contribution in [0, 0.1) is 6.92 Å². The molecule has 0 radical (unpaired) electrons. The molecule has 1 aromatic carbocycles. The average Bonchev–Trinajstić information content (AvgIpc) is 2.38. The quantitative estimate of drug-likeness (QED) is 0.933. The number of aryl methyl sites for hydroxylation is 1. The van der Waals surface area contributed by atoms with Crippen LogP contribution >= 0.6 is 23.2 Å². The number of aromatic nitrogens is 1. The highest BCUT2D eigenvalue weighted by Gasteiger charge is 2.14. The third-order valence-corrected chi connectivity index (χ3v) is 3.16. The molecule has 0 aliphatic carbocycles. The van der Waals surface area contributed by atoms with Crippen molar-refractivity contribution in [2.75, 3.05) is 12.4 Å². The zero-order chi connectivity index (χ0) is 14.7. The molecule has 0 spiro atoms. The van der Waals surface area contributed by atoms with Crippen LogP contribution in [-0.4, -0.2) is 18.0 Å². The lowest BCUT2D eigenvalue weighted by atomic mass is 10.2. The third kappa shape index (κ3) is 3.21. The summed E-state index contributed by atoms with van der Waals surface area (Å²) in [7, 11) is 1.46. The fourth-order valence-corrected chi connectivity index (χ4v) is 2.33. The van der Waals surface area contributed by atoms with Crippen LogP contribution in [0.4, 0.5) is 5.82 Å². The van der Waals surface area contributed by atoms with E-state index in [2.05, 4.69) is 10.3 Å². The number of carbonyl (C=O) groups excluding carboxylic acids is 1.